The first-order valence-corrected chi connectivity index (χ1v) is 8.11. The normalized spacial score (nSPS) is 15.4. The van der Waals surface area contributed by atoms with Crippen LogP contribution in [0, 0.1) is 0 Å². The molecule has 3 heteroatoms. The number of thiophene rings is 1. The van der Waals surface area contributed by atoms with Crippen molar-refractivity contribution in [2.45, 2.75) is 19.3 Å². The molecule has 0 spiro atoms. The van der Waals surface area contributed by atoms with E-state index in [-0.39, 0.29) is 5.78 Å². The van der Waals surface area contributed by atoms with Gasteiger partial charge in [0.15, 0.2) is 5.78 Å². The summed E-state index contributed by atoms with van der Waals surface area (Å²) in [6, 6.07) is 12.4. The fraction of sp³-hybridized carbons (Fsp3) is 0.167. The zero-order valence-electron chi connectivity index (χ0n) is 11.6. The van der Waals surface area contributed by atoms with E-state index in [1.807, 2.05) is 18.2 Å². The molecule has 0 amide bonds. The topological polar surface area (TPSA) is 32.9 Å². The quantitative estimate of drug-likeness (QED) is 0.706. The van der Waals surface area contributed by atoms with Crippen LogP contribution >= 0.6 is 11.3 Å². The molecule has 1 aliphatic rings. The third-order valence-electron chi connectivity index (χ3n) is 4.00. The number of ketones is 1. The van der Waals surface area contributed by atoms with Crippen LogP contribution in [0.5, 0.6) is 0 Å². The maximum Gasteiger partial charge on any atom is 0.163 e. The second kappa shape index (κ2) is 5.01. The van der Waals surface area contributed by atoms with Crippen molar-refractivity contribution in [3.63, 3.8) is 0 Å². The minimum Gasteiger partial charge on any atom is -0.353 e. The molecule has 0 bridgehead atoms. The average Bonchev–Trinajstić information content (AvgIpc) is 3.15. The van der Waals surface area contributed by atoms with E-state index in [2.05, 4.69) is 34.6 Å². The SMILES string of the molecule is O=C1CCCC=C1c1c(-c2cccs2)[nH]c2ccccc12. The number of aromatic amines is 1. The molecule has 3 aromatic rings. The van der Waals surface area contributed by atoms with Crippen molar-refractivity contribution in [3.8, 4) is 10.6 Å². The standard InChI is InChI=1S/C18H15NOS/c20-15-9-4-2-7-13(15)17-12-6-1-3-8-14(12)19-18(17)16-10-5-11-21-16/h1,3,5-8,10-11,19H,2,4,9H2. The highest BCUT2D eigenvalue weighted by Gasteiger charge is 2.23. The summed E-state index contributed by atoms with van der Waals surface area (Å²) in [5.41, 5.74) is 4.14. The molecule has 2 aromatic heterocycles. The van der Waals surface area contributed by atoms with Gasteiger partial charge in [-0.1, -0.05) is 30.3 Å². The molecule has 1 aliphatic carbocycles. The van der Waals surface area contributed by atoms with E-state index in [1.54, 1.807) is 11.3 Å². The minimum absolute atomic E-state index is 0.267. The van der Waals surface area contributed by atoms with Crippen LogP contribution in [0.2, 0.25) is 0 Å². The largest absolute Gasteiger partial charge is 0.353 e. The Morgan fingerprint density at radius 1 is 1.10 bits per heavy atom. The van der Waals surface area contributed by atoms with E-state index >= 15 is 0 Å². The summed E-state index contributed by atoms with van der Waals surface area (Å²) < 4.78 is 0. The molecule has 0 atom stereocenters. The molecule has 4 rings (SSSR count). The maximum absolute atomic E-state index is 12.4. The predicted molar refractivity (Wildman–Crippen MR) is 88.4 cm³/mol. The molecular weight excluding hydrogens is 278 g/mol. The van der Waals surface area contributed by atoms with Crippen molar-refractivity contribution in [2.24, 2.45) is 0 Å². The molecule has 0 saturated heterocycles. The summed E-state index contributed by atoms with van der Waals surface area (Å²) in [5, 5.41) is 3.21. The molecule has 0 radical (unpaired) electrons. The number of nitrogens with one attached hydrogen (secondary N) is 1. The highest BCUT2D eigenvalue weighted by molar-refractivity contribution is 7.13. The molecule has 0 aliphatic heterocycles. The molecule has 2 nitrogen and oxygen atoms in total. The lowest BCUT2D eigenvalue weighted by atomic mass is 9.90. The average molecular weight is 293 g/mol. The van der Waals surface area contributed by atoms with Crippen LogP contribution in [0.1, 0.15) is 24.8 Å². The van der Waals surface area contributed by atoms with Crippen LogP contribution in [0.25, 0.3) is 27.0 Å². The number of hydrogen-bond donors (Lipinski definition) is 1. The monoisotopic (exact) mass is 293 g/mol. The third-order valence-corrected chi connectivity index (χ3v) is 4.89. The van der Waals surface area contributed by atoms with Crippen LogP contribution in [-0.4, -0.2) is 10.8 Å². The van der Waals surface area contributed by atoms with Gasteiger partial charge in [-0.3, -0.25) is 4.79 Å². The number of carbonyl (C=O) groups excluding carboxylic acids is 1. The Morgan fingerprint density at radius 2 is 2.00 bits per heavy atom. The van der Waals surface area contributed by atoms with Gasteiger partial charge in [0.2, 0.25) is 0 Å². The summed E-state index contributed by atoms with van der Waals surface area (Å²) in [5.74, 6) is 0.267. The number of carbonyl (C=O) groups is 1. The number of fused-ring (bicyclic) bond motifs is 1. The van der Waals surface area contributed by atoms with Crippen LogP contribution in [0.15, 0.2) is 47.9 Å². The zero-order valence-corrected chi connectivity index (χ0v) is 12.4. The molecular formula is C18H15NOS. The molecule has 0 saturated carbocycles. The van der Waals surface area contributed by atoms with Crippen molar-refractivity contribution < 1.29 is 4.79 Å². The molecule has 0 fully saturated rings. The molecule has 1 aromatic carbocycles. The number of allylic oxidation sites excluding steroid dienone is 2. The van der Waals surface area contributed by atoms with Gasteiger partial charge >= 0.3 is 0 Å². The van der Waals surface area contributed by atoms with Crippen molar-refractivity contribution in [3.05, 3.63) is 53.4 Å². The van der Waals surface area contributed by atoms with E-state index in [0.717, 1.165) is 40.6 Å². The maximum atomic E-state index is 12.4. The minimum atomic E-state index is 0.267. The van der Waals surface area contributed by atoms with Gasteiger partial charge in [0.1, 0.15) is 0 Å². The molecule has 21 heavy (non-hydrogen) atoms. The highest BCUT2D eigenvalue weighted by Crippen LogP contribution is 2.39. The number of benzene rings is 1. The Bertz CT molecular complexity index is 839. The smallest absolute Gasteiger partial charge is 0.163 e. The molecule has 1 N–H and O–H groups in total. The Kier molecular flexibility index (Phi) is 3.00. The lowest BCUT2D eigenvalue weighted by molar-refractivity contribution is -0.114. The van der Waals surface area contributed by atoms with Gasteiger partial charge in [0.05, 0.1) is 10.6 Å². The van der Waals surface area contributed by atoms with Crippen molar-refractivity contribution >= 4 is 33.6 Å². The lowest BCUT2D eigenvalue weighted by Crippen LogP contribution is -2.06. The highest BCUT2D eigenvalue weighted by atomic mass is 32.1. The zero-order chi connectivity index (χ0) is 14.2. The van der Waals surface area contributed by atoms with Crippen LogP contribution in [0.3, 0.4) is 0 Å². The van der Waals surface area contributed by atoms with Crippen molar-refractivity contribution in [2.75, 3.05) is 0 Å². The number of Topliss-reactive ketones (excluding diaryl/α,β-unsaturated/α-hetero) is 1. The first-order chi connectivity index (χ1) is 10.3. The van der Waals surface area contributed by atoms with E-state index in [4.69, 9.17) is 0 Å². The van der Waals surface area contributed by atoms with Crippen LogP contribution in [0.4, 0.5) is 0 Å². The van der Waals surface area contributed by atoms with Gasteiger partial charge in [0.25, 0.3) is 0 Å². The summed E-state index contributed by atoms with van der Waals surface area (Å²) in [4.78, 5) is 17.1. The molecule has 0 unspecified atom stereocenters. The van der Waals surface area contributed by atoms with Gasteiger partial charge in [-0.2, -0.15) is 0 Å². The Labute approximate surface area is 127 Å². The van der Waals surface area contributed by atoms with Crippen LogP contribution in [-0.2, 0) is 4.79 Å². The number of para-hydroxylation sites is 1. The second-order valence-corrected chi connectivity index (χ2v) is 6.28. The predicted octanol–water partition coefficient (Wildman–Crippen LogP) is 5.03. The summed E-state index contributed by atoms with van der Waals surface area (Å²) in [7, 11) is 0. The van der Waals surface area contributed by atoms with Crippen molar-refractivity contribution in [1.82, 2.24) is 4.98 Å². The Hall–Kier alpha value is -2.13. The number of rotatable bonds is 2. The third kappa shape index (κ3) is 2.05. The van der Waals surface area contributed by atoms with E-state index in [9.17, 15) is 4.79 Å². The first-order valence-electron chi connectivity index (χ1n) is 7.23. The van der Waals surface area contributed by atoms with Gasteiger partial charge in [-0.15, -0.1) is 11.3 Å². The number of aromatic nitrogens is 1. The summed E-state index contributed by atoms with van der Waals surface area (Å²) in [6.45, 7) is 0. The van der Waals surface area contributed by atoms with Gasteiger partial charge < -0.3 is 4.98 Å². The van der Waals surface area contributed by atoms with Crippen LogP contribution < -0.4 is 0 Å². The fourth-order valence-electron chi connectivity index (χ4n) is 3.03. The second-order valence-electron chi connectivity index (χ2n) is 5.33. The fourth-order valence-corrected chi connectivity index (χ4v) is 3.76. The van der Waals surface area contributed by atoms with Crippen molar-refractivity contribution in [1.29, 1.82) is 0 Å². The number of H-pyrrole nitrogens is 1. The summed E-state index contributed by atoms with van der Waals surface area (Å²) in [6.07, 6.45) is 4.73. The van der Waals surface area contributed by atoms with Gasteiger partial charge in [-0.05, 0) is 30.4 Å². The number of hydrogen-bond acceptors (Lipinski definition) is 2. The summed E-state index contributed by atoms with van der Waals surface area (Å²) >= 11 is 1.70. The van der Waals surface area contributed by atoms with Gasteiger partial charge in [-0.25, -0.2) is 0 Å². The van der Waals surface area contributed by atoms with E-state index in [1.165, 1.54) is 4.88 Å². The lowest BCUT2D eigenvalue weighted by Gasteiger charge is -2.12. The van der Waals surface area contributed by atoms with E-state index < -0.39 is 0 Å². The van der Waals surface area contributed by atoms with E-state index in [0.29, 0.717) is 6.42 Å². The first kappa shape index (κ1) is 12.6. The molecule has 2 heterocycles. The Balaban J connectivity index is 2.03. The Morgan fingerprint density at radius 3 is 2.81 bits per heavy atom. The van der Waals surface area contributed by atoms with Gasteiger partial charge in [0, 0.05) is 28.5 Å². The molecule has 104 valence electrons.